The molecular weight excluding hydrogens is 424 g/mol. The lowest BCUT2D eigenvalue weighted by atomic mass is 10.1. The molecule has 0 aliphatic carbocycles. The third-order valence-electron chi connectivity index (χ3n) is 5.15. The minimum atomic E-state index is -3.13. The van der Waals surface area contributed by atoms with Crippen LogP contribution in [-0.2, 0) is 21.1 Å². The molecule has 2 aromatic carbocycles. The van der Waals surface area contributed by atoms with Gasteiger partial charge in [0.1, 0.15) is 11.5 Å². The van der Waals surface area contributed by atoms with Crippen molar-refractivity contribution in [2.24, 2.45) is 4.99 Å². The number of nitrogens with zero attached hydrogens (tertiary/aromatic N) is 2. The number of amides is 1. The minimum absolute atomic E-state index is 0.0361. The Labute approximate surface area is 180 Å². The van der Waals surface area contributed by atoms with Gasteiger partial charge in [-0.05, 0) is 29.8 Å². The van der Waals surface area contributed by atoms with Crippen LogP contribution in [0.25, 0.3) is 0 Å². The van der Waals surface area contributed by atoms with Crippen LogP contribution in [0.3, 0.4) is 0 Å². The average molecular weight is 447 g/mol. The first-order valence-corrected chi connectivity index (χ1v) is 12.1. The van der Waals surface area contributed by atoms with Crippen molar-refractivity contribution in [2.75, 3.05) is 30.6 Å². The molecule has 0 spiro atoms. The second kappa shape index (κ2) is 8.31. The molecule has 2 aliphatic rings. The summed E-state index contributed by atoms with van der Waals surface area (Å²) in [7, 11) is 0.0281. The van der Waals surface area contributed by atoms with Gasteiger partial charge in [0.05, 0.1) is 43.9 Å². The Bertz CT molecular complexity index is 1080. The second-order valence-electron chi connectivity index (χ2n) is 7.16. The van der Waals surface area contributed by atoms with Crippen molar-refractivity contribution in [2.45, 2.75) is 17.7 Å². The third kappa shape index (κ3) is 4.17. The van der Waals surface area contributed by atoms with E-state index >= 15 is 0 Å². The first kappa shape index (κ1) is 20.7. The molecule has 0 aromatic heterocycles. The number of fused-ring (bicyclic) bond motifs is 1. The van der Waals surface area contributed by atoms with Crippen LogP contribution < -0.4 is 14.4 Å². The van der Waals surface area contributed by atoms with Crippen LogP contribution in [0.2, 0.25) is 0 Å². The number of aliphatic imine (C=N–C) groups is 1. The number of carbonyl (C=O) groups excluding carboxylic acids is 1. The highest BCUT2D eigenvalue weighted by atomic mass is 32.2. The molecule has 30 heavy (non-hydrogen) atoms. The first-order valence-electron chi connectivity index (χ1n) is 9.44. The van der Waals surface area contributed by atoms with E-state index in [1.807, 2.05) is 41.3 Å². The van der Waals surface area contributed by atoms with Crippen molar-refractivity contribution in [1.29, 1.82) is 0 Å². The number of ether oxygens (including phenoxy) is 2. The van der Waals surface area contributed by atoms with Gasteiger partial charge in [-0.3, -0.25) is 4.79 Å². The zero-order valence-electron chi connectivity index (χ0n) is 16.6. The van der Waals surface area contributed by atoms with Gasteiger partial charge in [0.15, 0.2) is 15.0 Å². The summed E-state index contributed by atoms with van der Waals surface area (Å²) >= 11 is 1.35. The van der Waals surface area contributed by atoms with Crippen LogP contribution in [0.4, 0.5) is 5.69 Å². The molecule has 2 aliphatic heterocycles. The van der Waals surface area contributed by atoms with Gasteiger partial charge in [-0.25, -0.2) is 8.42 Å². The second-order valence-corrected chi connectivity index (χ2v) is 10.5. The lowest BCUT2D eigenvalue weighted by Crippen LogP contribution is -2.38. The van der Waals surface area contributed by atoms with Crippen molar-refractivity contribution in [1.82, 2.24) is 0 Å². The van der Waals surface area contributed by atoms with E-state index in [9.17, 15) is 13.2 Å². The van der Waals surface area contributed by atoms with Crippen LogP contribution >= 0.6 is 11.8 Å². The summed E-state index contributed by atoms with van der Waals surface area (Å²) in [6.07, 6.45) is 0.154. The molecule has 7 nitrogen and oxygen atoms in total. The smallest absolute Gasteiger partial charge is 0.252 e. The van der Waals surface area contributed by atoms with Crippen LogP contribution in [0.5, 0.6) is 11.5 Å². The van der Waals surface area contributed by atoms with Gasteiger partial charge in [-0.2, -0.15) is 4.99 Å². The summed E-state index contributed by atoms with van der Waals surface area (Å²) in [5.74, 6) is 1.16. The Balaban J connectivity index is 1.64. The molecule has 0 radical (unpaired) electrons. The lowest BCUT2D eigenvalue weighted by Gasteiger charge is -2.26. The van der Waals surface area contributed by atoms with Crippen LogP contribution in [0.15, 0.2) is 53.5 Å². The van der Waals surface area contributed by atoms with E-state index in [1.165, 1.54) is 11.8 Å². The highest BCUT2D eigenvalue weighted by Gasteiger charge is 2.50. The predicted octanol–water partition coefficient (Wildman–Crippen LogP) is 2.55. The summed E-state index contributed by atoms with van der Waals surface area (Å²) in [6, 6.07) is 14.4. The zero-order valence-corrected chi connectivity index (χ0v) is 18.3. The maximum atomic E-state index is 12.7. The number of methoxy groups -OCH3 is 2. The van der Waals surface area contributed by atoms with Crippen LogP contribution in [-0.4, -0.2) is 56.5 Å². The molecule has 2 aromatic rings. The van der Waals surface area contributed by atoms with Crippen molar-refractivity contribution in [3.8, 4) is 11.5 Å². The molecule has 2 heterocycles. The van der Waals surface area contributed by atoms with E-state index < -0.39 is 9.84 Å². The largest absolute Gasteiger partial charge is 0.497 e. The monoisotopic (exact) mass is 446 g/mol. The molecular formula is C21H22N2O5S2. The van der Waals surface area contributed by atoms with E-state index in [4.69, 9.17) is 9.47 Å². The van der Waals surface area contributed by atoms with E-state index in [0.717, 1.165) is 11.3 Å². The Morgan fingerprint density at radius 2 is 1.83 bits per heavy atom. The molecule has 0 N–H and O–H groups in total. The Hall–Kier alpha value is -2.52. The molecule has 2 saturated heterocycles. The normalized spacial score (nSPS) is 23.4. The lowest BCUT2D eigenvalue weighted by molar-refractivity contribution is -0.117. The highest BCUT2D eigenvalue weighted by Crippen LogP contribution is 2.43. The summed E-state index contributed by atoms with van der Waals surface area (Å²) in [5, 5.41) is 0.357. The molecule has 9 heteroatoms. The van der Waals surface area contributed by atoms with Crippen LogP contribution in [0, 0.1) is 0 Å². The summed E-state index contributed by atoms with van der Waals surface area (Å²) in [4.78, 5) is 18.9. The van der Waals surface area contributed by atoms with E-state index in [1.54, 1.807) is 26.4 Å². The highest BCUT2D eigenvalue weighted by molar-refractivity contribution is 8.16. The fraction of sp³-hybridized carbons (Fsp3) is 0.333. The van der Waals surface area contributed by atoms with Gasteiger partial charge in [0.25, 0.3) is 5.91 Å². The number of thioether (sulfide) groups is 1. The van der Waals surface area contributed by atoms with Crippen molar-refractivity contribution in [3.63, 3.8) is 0 Å². The predicted molar refractivity (Wildman–Crippen MR) is 118 cm³/mol. The number of sulfone groups is 1. The minimum Gasteiger partial charge on any atom is -0.497 e. The summed E-state index contributed by atoms with van der Waals surface area (Å²) in [6.45, 7) is 0. The Kier molecular flexibility index (Phi) is 5.75. The maximum Gasteiger partial charge on any atom is 0.252 e. The number of hydrogen-bond acceptors (Lipinski definition) is 6. The molecule has 1 amide bonds. The fourth-order valence-electron chi connectivity index (χ4n) is 3.74. The number of carbonyl (C=O) groups is 1. The number of amidine groups is 1. The van der Waals surface area contributed by atoms with E-state index in [-0.39, 0.29) is 35.1 Å². The quantitative estimate of drug-likeness (QED) is 0.698. The molecule has 0 unspecified atom stereocenters. The molecule has 0 bridgehead atoms. The number of hydrogen-bond donors (Lipinski definition) is 0. The average Bonchev–Trinajstić information content (AvgIpc) is 3.19. The van der Waals surface area contributed by atoms with Gasteiger partial charge in [-0.15, -0.1) is 0 Å². The van der Waals surface area contributed by atoms with Crippen LogP contribution in [0.1, 0.15) is 5.56 Å². The van der Waals surface area contributed by atoms with Crippen molar-refractivity contribution in [3.05, 3.63) is 54.1 Å². The van der Waals surface area contributed by atoms with Gasteiger partial charge in [0.2, 0.25) is 0 Å². The Morgan fingerprint density at radius 3 is 2.53 bits per heavy atom. The van der Waals surface area contributed by atoms with Crippen molar-refractivity contribution < 1.29 is 22.7 Å². The standard InChI is InChI=1S/C21H22N2O5S2/c1-27-15-9-7-14(8-10-15)11-20(24)22-21-23(16-5-3-4-6-18(16)28-2)17-12-30(25,26)13-19(17)29-21/h3-10,17,19H,11-13H2,1-2H3/t17-,19-/m1/s1. The molecule has 4 rings (SSSR count). The third-order valence-corrected chi connectivity index (χ3v) is 8.36. The summed E-state index contributed by atoms with van der Waals surface area (Å²) < 4.78 is 35.0. The number of rotatable bonds is 5. The van der Waals surface area contributed by atoms with Gasteiger partial charge in [-0.1, -0.05) is 36.0 Å². The van der Waals surface area contributed by atoms with Gasteiger partial charge in [0, 0.05) is 5.25 Å². The van der Waals surface area contributed by atoms with E-state index in [0.29, 0.717) is 16.6 Å². The fourth-order valence-corrected chi connectivity index (χ4v) is 7.66. The summed E-state index contributed by atoms with van der Waals surface area (Å²) in [5.41, 5.74) is 1.55. The molecule has 2 fully saturated rings. The molecule has 2 atom stereocenters. The topological polar surface area (TPSA) is 85.3 Å². The zero-order chi connectivity index (χ0) is 21.3. The van der Waals surface area contributed by atoms with Crippen molar-refractivity contribution >= 4 is 38.4 Å². The first-order chi connectivity index (χ1) is 14.4. The van der Waals surface area contributed by atoms with Gasteiger partial charge >= 0.3 is 0 Å². The number of anilines is 1. The Morgan fingerprint density at radius 1 is 1.10 bits per heavy atom. The van der Waals surface area contributed by atoms with E-state index in [2.05, 4.69) is 4.99 Å². The number of benzene rings is 2. The SMILES string of the molecule is COc1ccc(CC(=O)N=C2S[C@@H]3CS(=O)(=O)C[C@H]3N2c2ccccc2OC)cc1. The van der Waals surface area contributed by atoms with Gasteiger partial charge < -0.3 is 14.4 Å². The maximum absolute atomic E-state index is 12.7. The number of para-hydroxylation sites is 2. The molecule has 0 saturated carbocycles. The molecule has 158 valence electrons.